The van der Waals surface area contributed by atoms with E-state index < -0.39 is 12.0 Å². The summed E-state index contributed by atoms with van der Waals surface area (Å²) in [5, 5.41) is 5.43. The van der Waals surface area contributed by atoms with E-state index in [1.54, 1.807) is 32.2 Å². The van der Waals surface area contributed by atoms with Gasteiger partial charge in [-0.15, -0.1) is 0 Å². The Hall–Kier alpha value is -2.70. The topological polar surface area (TPSA) is 85.9 Å². The van der Waals surface area contributed by atoms with Gasteiger partial charge in [0.2, 0.25) is 0 Å². The van der Waals surface area contributed by atoms with Crippen LogP contribution in [-0.2, 0) is 9.53 Å². The number of allylic oxidation sites excluding steroid dienone is 1. The van der Waals surface area contributed by atoms with Crippen LogP contribution in [0.3, 0.4) is 0 Å². The van der Waals surface area contributed by atoms with E-state index in [-0.39, 0.29) is 6.03 Å². The molecule has 0 saturated heterocycles. The Bertz CT molecular complexity index is 714. The summed E-state index contributed by atoms with van der Waals surface area (Å²) in [6, 6.07) is 4.17. The first kappa shape index (κ1) is 20.6. The first-order valence-electron chi connectivity index (χ1n) is 9.19. The molecule has 0 radical (unpaired) electrons. The predicted octanol–water partition coefficient (Wildman–Crippen LogP) is 3.46. The van der Waals surface area contributed by atoms with Crippen LogP contribution in [-0.4, -0.2) is 32.8 Å². The average Bonchev–Trinajstić information content (AvgIpc) is 2.66. The number of ether oxygens (including phenoxy) is 3. The van der Waals surface area contributed by atoms with E-state index in [1.165, 1.54) is 7.11 Å². The summed E-state index contributed by atoms with van der Waals surface area (Å²) in [5.74, 6) is 0.693. The molecule has 1 unspecified atom stereocenters. The van der Waals surface area contributed by atoms with Gasteiger partial charge in [-0.05, 0) is 31.5 Å². The molecule has 2 rings (SSSR count). The van der Waals surface area contributed by atoms with Crippen molar-refractivity contribution < 1.29 is 23.8 Å². The minimum atomic E-state index is -0.688. The van der Waals surface area contributed by atoms with Crippen molar-refractivity contribution in [3.63, 3.8) is 0 Å². The average molecular weight is 376 g/mol. The van der Waals surface area contributed by atoms with Crippen LogP contribution < -0.4 is 20.1 Å². The number of rotatable bonds is 9. The van der Waals surface area contributed by atoms with Gasteiger partial charge in [0.1, 0.15) is 11.5 Å². The fraction of sp³-hybridized carbons (Fsp3) is 0.500. The van der Waals surface area contributed by atoms with E-state index in [0.29, 0.717) is 34.9 Å². The zero-order valence-corrected chi connectivity index (χ0v) is 16.4. The molecule has 1 aliphatic rings. The molecule has 2 amide bonds. The Balaban J connectivity index is 2.29. The Labute approximate surface area is 160 Å². The standard InChI is InChI=1S/C20H28N2O5/c1-5-6-7-8-11-27-19(23)17-13(2)21-20(24)22-18(17)15-12-14(25-3)9-10-16(15)26-4/h9-10,12,18H,5-8,11H2,1-4H3,(H2,21,22,24). The van der Waals surface area contributed by atoms with E-state index in [1.807, 2.05) is 0 Å². The lowest BCUT2D eigenvalue weighted by atomic mass is 9.94. The van der Waals surface area contributed by atoms with Crippen molar-refractivity contribution >= 4 is 12.0 Å². The van der Waals surface area contributed by atoms with Gasteiger partial charge in [-0.2, -0.15) is 0 Å². The van der Waals surface area contributed by atoms with Gasteiger partial charge in [0.15, 0.2) is 0 Å². The summed E-state index contributed by atoms with van der Waals surface area (Å²) in [6.07, 6.45) is 4.06. The van der Waals surface area contributed by atoms with E-state index in [9.17, 15) is 9.59 Å². The van der Waals surface area contributed by atoms with Gasteiger partial charge < -0.3 is 24.8 Å². The summed E-state index contributed by atoms with van der Waals surface area (Å²) < 4.78 is 16.2. The molecule has 2 N–H and O–H groups in total. The fourth-order valence-electron chi connectivity index (χ4n) is 3.03. The molecule has 1 aromatic rings. The maximum absolute atomic E-state index is 12.7. The number of benzene rings is 1. The molecule has 1 aliphatic heterocycles. The van der Waals surface area contributed by atoms with Crippen LogP contribution in [0.4, 0.5) is 4.79 Å². The Morgan fingerprint density at radius 2 is 1.93 bits per heavy atom. The zero-order chi connectivity index (χ0) is 19.8. The summed E-state index contributed by atoms with van der Waals surface area (Å²) in [7, 11) is 3.09. The molecule has 0 fully saturated rings. The Kier molecular flexibility index (Phi) is 7.52. The summed E-state index contributed by atoms with van der Waals surface area (Å²) in [6.45, 7) is 4.17. The van der Waals surface area contributed by atoms with E-state index in [4.69, 9.17) is 14.2 Å². The molecule has 0 aromatic heterocycles. The number of hydrogen-bond donors (Lipinski definition) is 2. The lowest BCUT2D eigenvalue weighted by Crippen LogP contribution is -2.45. The Morgan fingerprint density at radius 1 is 1.15 bits per heavy atom. The minimum absolute atomic E-state index is 0.353. The van der Waals surface area contributed by atoms with Gasteiger partial charge >= 0.3 is 12.0 Å². The van der Waals surface area contributed by atoms with Gasteiger partial charge in [-0.1, -0.05) is 26.2 Å². The maximum Gasteiger partial charge on any atom is 0.338 e. The number of urea groups is 1. The number of esters is 1. The van der Waals surface area contributed by atoms with Crippen molar-refractivity contribution in [1.82, 2.24) is 10.6 Å². The van der Waals surface area contributed by atoms with Gasteiger partial charge in [-0.25, -0.2) is 9.59 Å². The second kappa shape index (κ2) is 9.85. The van der Waals surface area contributed by atoms with Crippen LogP contribution in [0.15, 0.2) is 29.5 Å². The largest absolute Gasteiger partial charge is 0.497 e. The highest BCUT2D eigenvalue weighted by molar-refractivity contribution is 5.95. The predicted molar refractivity (Wildman–Crippen MR) is 102 cm³/mol. The van der Waals surface area contributed by atoms with Gasteiger partial charge in [0.25, 0.3) is 0 Å². The van der Waals surface area contributed by atoms with Gasteiger partial charge in [0.05, 0.1) is 32.4 Å². The normalized spacial score (nSPS) is 16.4. The number of unbranched alkanes of at least 4 members (excludes halogenated alkanes) is 3. The lowest BCUT2D eigenvalue weighted by Gasteiger charge is -2.29. The number of amides is 2. The maximum atomic E-state index is 12.7. The smallest absolute Gasteiger partial charge is 0.338 e. The number of methoxy groups -OCH3 is 2. The second-order valence-corrected chi connectivity index (χ2v) is 6.37. The molecule has 0 aliphatic carbocycles. The summed E-state index contributed by atoms with van der Waals surface area (Å²) in [4.78, 5) is 24.8. The molecule has 148 valence electrons. The highest BCUT2D eigenvalue weighted by Crippen LogP contribution is 2.35. The molecule has 0 saturated carbocycles. The third-order valence-corrected chi connectivity index (χ3v) is 4.47. The van der Waals surface area contributed by atoms with Crippen LogP contribution in [0, 0.1) is 0 Å². The number of carbonyl (C=O) groups excluding carboxylic acids is 2. The molecule has 0 spiro atoms. The molecule has 1 aromatic carbocycles. The van der Waals surface area contributed by atoms with Crippen molar-refractivity contribution in [3.8, 4) is 11.5 Å². The molecule has 0 bridgehead atoms. The van der Waals surface area contributed by atoms with Crippen molar-refractivity contribution in [2.45, 2.75) is 45.6 Å². The molecule has 1 atom stereocenters. The van der Waals surface area contributed by atoms with Crippen molar-refractivity contribution in [1.29, 1.82) is 0 Å². The highest BCUT2D eigenvalue weighted by atomic mass is 16.5. The third-order valence-electron chi connectivity index (χ3n) is 4.47. The molecule has 1 heterocycles. The molecule has 7 heteroatoms. The van der Waals surface area contributed by atoms with Crippen LogP contribution >= 0.6 is 0 Å². The molecular formula is C20H28N2O5. The molecule has 7 nitrogen and oxygen atoms in total. The SMILES string of the molecule is CCCCCCOC(=O)C1=C(C)NC(=O)NC1c1cc(OC)ccc1OC. The van der Waals surface area contributed by atoms with Crippen LogP contribution in [0.25, 0.3) is 0 Å². The van der Waals surface area contributed by atoms with Crippen molar-refractivity contribution in [2.75, 3.05) is 20.8 Å². The molecule has 27 heavy (non-hydrogen) atoms. The zero-order valence-electron chi connectivity index (χ0n) is 16.4. The van der Waals surface area contributed by atoms with Crippen LogP contribution in [0.1, 0.15) is 51.1 Å². The minimum Gasteiger partial charge on any atom is -0.497 e. The van der Waals surface area contributed by atoms with Crippen LogP contribution in [0.2, 0.25) is 0 Å². The first-order valence-corrected chi connectivity index (χ1v) is 9.19. The van der Waals surface area contributed by atoms with E-state index in [0.717, 1.165) is 25.7 Å². The Morgan fingerprint density at radius 3 is 2.59 bits per heavy atom. The fourth-order valence-corrected chi connectivity index (χ4v) is 3.03. The number of hydrogen-bond acceptors (Lipinski definition) is 5. The van der Waals surface area contributed by atoms with Crippen LogP contribution in [0.5, 0.6) is 11.5 Å². The quantitative estimate of drug-likeness (QED) is 0.509. The first-order chi connectivity index (χ1) is 13.0. The number of nitrogens with one attached hydrogen (secondary N) is 2. The second-order valence-electron chi connectivity index (χ2n) is 6.37. The van der Waals surface area contributed by atoms with E-state index in [2.05, 4.69) is 17.6 Å². The highest BCUT2D eigenvalue weighted by Gasteiger charge is 2.34. The van der Waals surface area contributed by atoms with Gasteiger partial charge in [-0.3, -0.25) is 0 Å². The monoisotopic (exact) mass is 376 g/mol. The van der Waals surface area contributed by atoms with Gasteiger partial charge in [0, 0.05) is 11.3 Å². The summed E-state index contributed by atoms with van der Waals surface area (Å²) >= 11 is 0. The molecular weight excluding hydrogens is 348 g/mol. The van der Waals surface area contributed by atoms with Crippen molar-refractivity contribution in [2.24, 2.45) is 0 Å². The van der Waals surface area contributed by atoms with E-state index >= 15 is 0 Å². The lowest BCUT2D eigenvalue weighted by molar-refractivity contribution is -0.139. The summed E-state index contributed by atoms with van der Waals surface area (Å²) in [5.41, 5.74) is 1.45. The third kappa shape index (κ3) is 5.15. The number of carbonyl (C=O) groups is 2. The van der Waals surface area contributed by atoms with Crippen molar-refractivity contribution in [3.05, 3.63) is 35.0 Å².